The van der Waals surface area contributed by atoms with E-state index in [0.29, 0.717) is 18.2 Å². The topological polar surface area (TPSA) is 48.5 Å². The van der Waals surface area contributed by atoms with Crippen molar-refractivity contribution in [1.82, 2.24) is 10.3 Å². The van der Waals surface area contributed by atoms with Crippen LogP contribution in [0.5, 0.6) is 0 Å². The van der Waals surface area contributed by atoms with Crippen LogP contribution in [-0.2, 0) is 0 Å². The lowest BCUT2D eigenvalue weighted by Gasteiger charge is -2.37. The smallest absolute Gasteiger partial charge is 0.269 e. The van der Waals surface area contributed by atoms with E-state index in [4.69, 9.17) is 11.6 Å². The van der Waals surface area contributed by atoms with Crippen LogP contribution in [0.4, 0.5) is 11.4 Å². The Kier molecular flexibility index (Phi) is 5.99. The van der Waals surface area contributed by atoms with Crippen molar-refractivity contribution >= 4 is 28.9 Å². The van der Waals surface area contributed by atoms with Gasteiger partial charge in [0.2, 0.25) is 0 Å². The highest BCUT2D eigenvalue weighted by molar-refractivity contribution is 6.30. The van der Waals surface area contributed by atoms with Gasteiger partial charge in [-0.05, 0) is 36.2 Å². The standard InChI is InChI=1S/C20H25ClN4O/c1-15(2)13-23-20(26)19-7-6-18(14-22-19)25-10-8-24(9-11-25)17-5-3-4-16(21)12-17/h3-7,12,14-15H,8-11,13H2,1-2H3,(H,23,26). The number of carbonyl (C=O) groups is 1. The molecule has 0 unspecified atom stereocenters. The Morgan fingerprint density at radius 3 is 2.38 bits per heavy atom. The second-order valence-corrected chi connectivity index (χ2v) is 7.40. The van der Waals surface area contributed by atoms with E-state index in [-0.39, 0.29) is 5.91 Å². The SMILES string of the molecule is CC(C)CNC(=O)c1ccc(N2CCN(c3cccc(Cl)c3)CC2)cn1. The molecule has 1 aliphatic heterocycles. The van der Waals surface area contributed by atoms with Crippen molar-refractivity contribution < 1.29 is 4.79 Å². The number of aromatic nitrogens is 1. The third-order valence-electron chi connectivity index (χ3n) is 4.47. The molecule has 0 aliphatic carbocycles. The lowest BCUT2D eigenvalue weighted by molar-refractivity contribution is 0.0944. The molecule has 1 N–H and O–H groups in total. The number of nitrogens with one attached hydrogen (secondary N) is 1. The Bertz CT molecular complexity index is 740. The molecule has 6 heteroatoms. The third kappa shape index (κ3) is 4.67. The maximum Gasteiger partial charge on any atom is 0.269 e. The predicted molar refractivity (Wildman–Crippen MR) is 107 cm³/mol. The highest BCUT2D eigenvalue weighted by Crippen LogP contribution is 2.22. The maximum absolute atomic E-state index is 12.1. The number of rotatable bonds is 5. The van der Waals surface area contributed by atoms with E-state index in [9.17, 15) is 4.79 Å². The van der Waals surface area contributed by atoms with E-state index in [1.165, 1.54) is 0 Å². The van der Waals surface area contributed by atoms with Gasteiger partial charge in [0, 0.05) is 43.4 Å². The van der Waals surface area contributed by atoms with Gasteiger partial charge in [0.15, 0.2) is 0 Å². The molecule has 0 atom stereocenters. The van der Waals surface area contributed by atoms with Crippen molar-refractivity contribution in [2.24, 2.45) is 5.92 Å². The highest BCUT2D eigenvalue weighted by Gasteiger charge is 2.18. The first-order valence-electron chi connectivity index (χ1n) is 9.02. The summed E-state index contributed by atoms with van der Waals surface area (Å²) in [4.78, 5) is 21.0. The van der Waals surface area contributed by atoms with Gasteiger partial charge < -0.3 is 15.1 Å². The molecule has 138 valence electrons. The molecule has 0 radical (unpaired) electrons. The quantitative estimate of drug-likeness (QED) is 0.873. The molecule has 26 heavy (non-hydrogen) atoms. The number of piperazine rings is 1. The van der Waals surface area contributed by atoms with Crippen molar-refractivity contribution in [3.8, 4) is 0 Å². The summed E-state index contributed by atoms with van der Waals surface area (Å²) in [7, 11) is 0. The molecule has 0 saturated carbocycles. The van der Waals surface area contributed by atoms with Crippen LogP contribution >= 0.6 is 11.6 Å². The zero-order valence-electron chi connectivity index (χ0n) is 15.3. The number of pyridine rings is 1. The van der Waals surface area contributed by atoms with Gasteiger partial charge in [-0.2, -0.15) is 0 Å². The van der Waals surface area contributed by atoms with Crippen LogP contribution in [-0.4, -0.2) is 43.6 Å². The van der Waals surface area contributed by atoms with Gasteiger partial charge in [-0.3, -0.25) is 4.79 Å². The van der Waals surface area contributed by atoms with Gasteiger partial charge in [-0.25, -0.2) is 4.98 Å². The Hall–Kier alpha value is -2.27. The van der Waals surface area contributed by atoms with Gasteiger partial charge in [0.25, 0.3) is 5.91 Å². The lowest BCUT2D eigenvalue weighted by atomic mass is 10.2. The molecule has 0 bridgehead atoms. The van der Waals surface area contributed by atoms with Crippen molar-refractivity contribution in [2.75, 3.05) is 42.5 Å². The number of halogens is 1. The molecule has 1 aromatic carbocycles. The first-order chi connectivity index (χ1) is 12.5. The van der Waals surface area contributed by atoms with Gasteiger partial charge in [0.1, 0.15) is 5.69 Å². The molecular formula is C20H25ClN4O. The fourth-order valence-electron chi connectivity index (χ4n) is 2.99. The van der Waals surface area contributed by atoms with Crippen molar-refractivity contribution in [2.45, 2.75) is 13.8 Å². The minimum atomic E-state index is -0.115. The predicted octanol–water partition coefficient (Wildman–Crippen LogP) is 3.45. The maximum atomic E-state index is 12.1. The average Bonchev–Trinajstić information content (AvgIpc) is 2.66. The Labute approximate surface area is 160 Å². The van der Waals surface area contributed by atoms with E-state index in [2.05, 4.69) is 40.0 Å². The molecule has 1 saturated heterocycles. The molecule has 3 rings (SSSR count). The summed E-state index contributed by atoms with van der Waals surface area (Å²) in [5, 5.41) is 3.66. The normalized spacial score (nSPS) is 14.6. The molecule has 1 amide bonds. The number of benzene rings is 1. The van der Waals surface area contributed by atoms with Gasteiger partial charge >= 0.3 is 0 Å². The first-order valence-corrected chi connectivity index (χ1v) is 9.40. The first kappa shape index (κ1) is 18.5. The fraction of sp³-hybridized carbons (Fsp3) is 0.400. The number of anilines is 2. The summed E-state index contributed by atoms with van der Waals surface area (Å²) in [5.41, 5.74) is 2.68. The fourth-order valence-corrected chi connectivity index (χ4v) is 3.18. The summed E-state index contributed by atoms with van der Waals surface area (Å²) in [6, 6.07) is 11.8. The van der Waals surface area contributed by atoms with Crippen molar-refractivity contribution in [3.05, 3.63) is 53.3 Å². The number of hydrogen-bond acceptors (Lipinski definition) is 4. The molecule has 1 aliphatic rings. The van der Waals surface area contributed by atoms with Crippen LogP contribution in [0.3, 0.4) is 0 Å². The molecule has 5 nitrogen and oxygen atoms in total. The van der Waals surface area contributed by atoms with Crippen molar-refractivity contribution in [1.29, 1.82) is 0 Å². The molecule has 2 aromatic rings. The Morgan fingerprint density at radius 1 is 1.12 bits per heavy atom. The third-order valence-corrected chi connectivity index (χ3v) is 4.70. The molecule has 1 fully saturated rings. The van der Waals surface area contributed by atoms with E-state index in [0.717, 1.165) is 42.6 Å². The number of hydrogen-bond donors (Lipinski definition) is 1. The van der Waals surface area contributed by atoms with Gasteiger partial charge in [-0.1, -0.05) is 31.5 Å². The molecule has 0 spiro atoms. The number of nitrogens with zero attached hydrogens (tertiary/aromatic N) is 3. The minimum Gasteiger partial charge on any atom is -0.368 e. The largest absolute Gasteiger partial charge is 0.368 e. The van der Waals surface area contributed by atoms with Crippen LogP contribution in [0, 0.1) is 5.92 Å². The summed E-state index contributed by atoms with van der Waals surface area (Å²) in [6.45, 7) is 8.47. The highest BCUT2D eigenvalue weighted by atomic mass is 35.5. The van der Waals surface area contributed by atoms with Crippen molar-refractivity contribution in [3.63, 3.8) is 0 Å². The summed E-state index contributed by atoms with van der Waals surface area (Å²) in [5.74, 6) is 0.310. The second kappa shape index (κ2) is 8.41. The van der Waals surface area contributed by atoms with Gasteiger partial charge in [0.05, 0.1) is 11.9 Å². The van der Waals surface area contributed by atoms with Crippen LogP contribution in [0.2, 0.25) is 5.02 Å². The van der Waals surface area contributed by atoms with E-state index in [1.807, 2.05) is 24.3 Å². The number of amides is 1. The average molecular weight is 373 g/mol. The number of carbonyl (C=O) groups excluding carboxylic acids is 1. The monoisotopic (exact) mass is 372 g/mol. The zero-order valence-corrected chi connectivity index (χ0v) is 16.0. The minimum absolute atomic E-state index is 0.115. The van der Waals surface area contributed by atoms with E-state index < -0.39 is 0 Å². The van der Waals surface area contributed by atoms with Crippen LogP contribution in [0.1, 0.15) is 24.3 Å². The van der Waals surface area contributed by atoms with Crippen LogP contribution < -0.4 is 15.1 Å². The Balaban J connectivity index is 1.57. The summed E-state index contributed by atoms with van der Waals surface area (Å²) in [6.07, 6.45) is 1.79. The molecule has 1 aromatic heterocycles. The van der Waals surface area contributed by atoms with E-state index in [1.54, 1.807) is 12.3 Å². The zero-order chi connectivity index (χ0) is 18.5. The van der Waals surface area contributed by atoms with Crippen LogP contribution in [0.15, 0.2) is 42.6 Å². The second-order valence-electron chi connectivity index (χ2n) is 6.96. The summed E-state index contributed by atoms with van der Waals surface area (Å²) >= 11 is 6.09. The summed E-state index contributed by atoms with van der Waals surface area (Å²) < 4.78 is 0. The molecular weight excluding hydrogens is 348 g/mol. The van der Waals surface area contributed by atoms with Gasteiger partial charge in [-0.15, -0.1) is 0 Å². The lowest BCUT2D eigenvalue weighted by Crippen LogP contribution is -2.46. The van der Waals surface area contributed by atoms with Crippen LogP contribution in [0.25, 0.3) is 0 Å². The van der Waals surface area contributed by atoms with E-state index >= 15 is 0 Å². The Morgan fingerprint density at radius 2 is 1.81 bits per heavy atom. The molecule has 2 heterocycles.